The molecule has 0 radical (unpaired) electrons. The van der Waals surface area contributed by atoms with Crippen molar-refractivity contribution in [1.29, 1.82) is 0 Å². The van der Waals surface area contributed by atoms with Gasteiger partial charge in [-0.05, 0) is 25.7 Å². The highest BCUT2D eigenvalue weighted by molar-refractivity contribution is 5.46. The molecule has 4 heteroatoms. The summed E-state index contributed by atoms with van der Waals surface area (Å²) >= 11 is 0. The van der Waals surface area contributed by atoms with Gasteiger partial charge in [0, 0.05) is 12.1 Å². The van der Waals surface area contributed by atoms with Crippen LogP contribution in [0.2, 0.25) is 0 Å². The number of carbonyl (C=O) groups is 1. The molecule has 4 nitrogen and oxygen atoms in total. The highest BCUT2D eigenvalue weighted by atomic mass is 16.5. The third-order valence-electron chi connectivity index (χ3n) is 2.21. The lowest BCUT2D eigenvalue weighted by molar-refractivity contribution is -0.110. The molecule has 0 bridgehead atoms. The molecule has 0 aromatic rings. The van der Waals surface area contributed by atoms with Gasteiger partial charge in [0.05, 0.1) is 0 Å². The predicted octanol–water partition coefficient (Wildman–Crippen LogP) is 0.0224. The van der Waals surface area contributed by atoms with E-state index in [4.69, 9.17) is 5.21 Å². The number of hydrogen-bond acceptors (Lipinski definition) is 3. The second kappa shape index (κ2) is 4.31. The number of rotatable bonds is 3. The van der Waals surface area contributed by atoms with E-state index >= 15 is 0 Å². The molecule has 1 saturated carbocycles. The predicted molar refractivity (Wildman–Crippen MR) is 40.2 cm³/mol. The van der Waals surface area contributed by atoms with Crippen molar-refractivity contribution in [3.05, 3.63) is 0 Å². The van der Waals surface area contributed by atoms with Gasteiger partial charge in [0.15, 0.2) is 0 Å². The van der Waals surface area contributed by atoms with Gasteiger partial charge in [0.2, 0.25) is 6.41 Å². The molecule has 1 rings (SSSR count). The van der Waals surface area contributed by atoms with Gasteiger partial charge in [-0.15, -0.1) is 0 Å². The molecular weight excluding hydrogens is 144 g/mol. The van der Waals surface area contributed by atoms with Crippen LogP contribution in [0.4, 0.5) is 0 Å². The first-order valence-corrected chi connectivity index (χ1v) is 3.96. The van der Waals surface area contributed by atoms with Gasteiger partial charge < -0.3 is 10.5 Å². The summed E-state index contributed by atoms with van der Waals surface area (Å²) in [5.74, 6) is 0. The van der Waals surface area contributed by atoms with Crippen molar-refractivity contribution in [2.24, 2.45) is 0 Å². The zero-order valence-corrected chi connectivity index (χ0v) is 6.42. The minimum Gasteiger partial charge on any atom is -0.356 e. The van der Waals surface area contributed by atoms with E-state index in [1.807, 2.05) is 0 Å². The Bertz CT molecular complexity index is 122. The Balaban J connectivity index is 2.18. The Morgan fingerprint density at radius 3 is 2.18 bits per heavy atom. The van der Waals surface area contributed by atoms with Crippen LogP contribution >= 0.6 is 0 Å². The van der Waals surface area contributed by atoms with Gasteiger partial charge in [0.25, 0.3) is 0 Å². The van der Waals surface area contributed by atoms with Crippen molar-refractivity contribution in [2.75, 3.05) is 0 Å². The SMILES string of the molecule is O=CN[C@H]1CC[C@H](NO)CC1. The third kappa shape index (κ3) is 2.48. The fraction of sp³-hybridized carbons (Fsp3) is 0.857. The van der Waals surface area contributed by atoms with Gasteiger partial charge in [-0.25, -0.2) is 5.48 Å². The van der Waals surface area contributed by atoms with Gasteiger partial charge in [-0.2, -0.15) is 0 Å². The van der Waals surface area contributed by atoms with Crippen LogP contribution in [0.3, 0.4) is 0 Å². The van der Waals surface area contributed by atoms with Crippen molar-refractivity contribution in [2.45, 2.75) is 37.8 Å². The number of nitrogens with one attached hydrogen (secondary N) is 2. The molecule has 0 unspecified atom stereocenters. The summed E-state index contributed by atoms with van der Waals surface area (Å²) in [5, 5.41) is 11.3. The summed E-state index contributed by atoms with van der Waals surface area (Å²) in [4.78, 5) is 10.0. The summed E-state index contributed by atoms with van der Waals surface area (Å²) in [5.41, 5.74) is 2.25. The van der Waals surface area contributed by atoms with E-state index in [-0.39, 0.29) is 6.04 Å². The highest BCUT2D eigenvalue weighted by Crippen LogP contribution is 2.17. The molecule has 0 spiro atoms. The second-order valence-corrected chi connectivity index (χ2v) is 2.96. The van der Waals surface area contributed by atoms with Gasteiger partial charge in [0.1, 0.15) is 0 Å². The quantitative estimate of drug-likeness (QED) is 0.401. The number of hydrogen-bond donors (Lipinski definition) is 3. The first-order chi connectivity index (χ1) is 5.36. The Labute approximate surface area is 65.9 Å². The smallest absolute Gasteiger partial charge is 0.207 e. The summed E-state index contributed by atoms with van der Waals surface area (Å²) in [6, 6.07) is 0.539. The highest BCUT2D eigenvalue weighted by Gasteiger charge is 2.19. The maximum atomic E-state index is 10.0. The molecule has 1 fully saturated rings. The van der Waals surface area contributed by atoms with Gasteiger partial charge in [-0.3, -0.25) is 4.79 Å². The van der Waals surface area contributed by atoms with Crippen molar-refractivity contribution >= 4 is 6.41 Å². The Kier molecular flexibility index (Phi) is 3.32. The zero-order chi connectivity index (χ0) is 8.10. The number of amides is 1. The van der Waals surface area contributed by atoms with Crippen LogP contribution < -0.4 is 10.8 Å². The summed E-state index contributed by atoms with van der Waals surface area (Å²) in [7, 11) is 0. The number of carbonyl (C=O) groups excluding carboxylic acids is 1. The van der Waals surface area contributed by atoms with Crippen molar-refractivity contribution in [1.82, 2.24) is 10.8 Å². The molecule has 1 amide bonds. The maximum Gasteiger partial charge on any atom is 0.207 e. The first-order valence-electron chi connectivity index (χ1n) is 3.96. The maximum absolute atomic E-state index is 10.0. The zero-order valence-electron chi connectivity index (χ0n) is 6.42. The van der Waals surface area contributed by atoms with E-state index in [2.05, 4.69) is 10.8 Å². The summed E-state index contributed by atoms with van der Waals surface area (Å²) < 4.78 is 0. The van der Waals surface area contributed by atoms with Gasteiger partial charge in [-0.1, -0.05) is 0 Å². The third-order valence-corrected chi connectivity index (χ3v) is 2.21. The van der Waals surface area contributed by atoms with Crippen molar-refractivity contribution in [3.63, 3.8) is 0 Å². The normalized spacial score (nSPS) is 31.4. The van der Waals surface area contributed by atoms with E-state index in [1.54, 1.807) is 0 Å². The van der Waals surface area contributed by atoms with Crippen LogP contribution in [0.5, 0.6) is 0 Å². The first kappa shape index (κ1) is 8.49. The molecule has 11 heavy (non-hydrogen) atoms. The van der Waals surface area contributed by atoms with E-state index < -0.39 is 0 Å². The van der Waals surface area contributed by atoms with Gasteiger partial charge >= 0.3 is 0 Å². The van der Waals surface area contributed by atoms with Crippen LogP contribution in [-0.4, -0.2) is 23.7 Å². The Hall–Kier alpha value is -0.610. The van der Waals surface area contributed by atoms with Crippen LogP contribution in [0.1, 0.15) is 25.7 Å². The Morgan fingerprint density at radius 2 is 1.73 bits per heavy atom. The fourth-order valence-electron chi connectivity index (χ4n) is 1.49. The molecule has 1 aliphatic rings. The molecule has 0 aromatic heterocycles. The molecule has 0 aromatic carbocycles. The molecule has 0 aliphatic heterocycles. The average molecular weight is 158 g/mol. The van der Waals surface area contributed by atoms with Crippen LogP contribution in [0.15, 0.2) is 0 Å². The molecule has 1 aliphatic carbocycles. The minimum absolute atomic E-state index is 0.222. The second-order valence-electron chi connectivity index (χ2n) is 2.96. The van der Waals surface area contributed by atoms with Crippen LogP contribution in [0.25, 0.3) is 0 Å². The lowest BCUT2D eigenvalue weighted by atomic mass is 9.92. The molecule has 0 heterocycles. The van der Waals surface area contributed by atoms with Crippen molar-refractivity contribution in [3.8, 4) is 0 Å². The monoisotopic (exact) mass is 158 g/mol. The van der Waals surface area contributed by atoms with E-state index in [0.29, 0.717) is 6.04 Å². The summed E-state index contributed by atoms with van der Waals surface area (Å²) in [6.45, 7) is 0. The van der Waals surface area contributed by atoms with E-state index in [0.717, 1.165) is 32.1 Å². The largest absolute Gasteiger partial charge is 0.356 e. The fourth-order valence-corrected chi connectivity index (χ4v) is 1.49. The molecule has 3 N–H and O–H groups in total. The summed E-state index contributed by atoms with van der Waals surface area (Å²) in [6.07, 6.45) is 4.52. The van der Waals surface area contributed by atoms with E-state index in [1.165, 1.54) is 0 Å². The lowest BCUT2D eigenvalue weighted by Gasteiger charge is -2.26. The molecule has 64 valence electrons. The molecule has 0 saturated heterocycles. The topological polar surface area (TPSA) is 61.4 Å². The van der Waals surface area contributed by atoms with E-state index in [9.17, 15) is 4.79 Å². The average Bonchev–Trinajstić information content (AvgIpc) is 2.07. The lowest BCUT2D eigenvalue weighted by Crippen LogP contribution is -2.38. The standard InChI is InChI=1S/C7H14N2O2/c10-5-8-6-1-3-7(9-11)4-2-6/h5-7,9,11H,1-4H2,(H,8,10)/t6-,7-. The molecule has 0 atom stereocenters. The number of hydroxylamine groups is 1. The Morgan fingerprint density at radius 1 is 1.18 bits per heavy atom. The van der Waals surface area contributed by atoms with Crippen LogP contribution in [0, 0.1) is 0 Å². The molecular formula is C7H14N2O2. The van der Waals surface area contributed by atoms with Crippen molar-refractivity contribution < 1.29 is 10.0 Å². The minimum atomic E-state index is 0.222. The van der Waals surface area contributed by atoms with Crippen LogP contribution in [-0.2, 0) is 4.79 Å².